The van der Waals surface area contributed by atoms with Crippen LogP contribution in [0.4, 0.5) is 4.39 Å². The maximum absolute atomic E-state index is 12.9. The van der Waals surface area contributed by atoms with E-state index in [1.165, 1.54) is 18.9 Å². The topological polar surface area (TPSA) is 32.3 Å². The number of rotatable bonds is 5. The molecular formula is C13H18FNOS. The van der Waals surface area contributed by atoms with Gasteiger partial charge in [0.15, 0.2) is 0 Å². The molecule has 0 aromatic heterocycles. The third kappa shape index (κ3) is 2.93. The molecule has 1 aliphatic rings. The van der Waals surface area contributed by atoms with Crippen molar-refractivity contribution in [3.8, 4) is 5.75 Å². The molecule has 1 unspecified atom stereocenters. The lowest BCUT2D eigenvalue weighted by atomic mass is 10.1. The highest BCUT2D eigenvalue weighted by Gasteiger charge is 2.41. The lowest BCUT2D eigenvalue weighted by molar-refractivity contribution is 0.446. The van der Waals surface area contributed by atoms with Gasteiger partial charge in [0, 0.05) is 29.0 Å². The minimum Gasteiger partial charge on any atom is -0.508 e. The summed E-state index contributed by atoms with van der Waals surface area (Å²) in [6.45, 7) is 2.93. The van der Waals surface area contributed by atoms with Gasteiger partial charge in [-0.25, -0.2) is 4.39 Å². The first-order valence-corrected chi connectivity index (χ1v) is 7.06. The van der Waals surface area contributed by atoms with Crippen molar-refractivity contribution >= 4 is 11.8 Å². The fourth-order valence-corrected chi connectivity index (χ4v) is 2.66. The summed E-state index contributed by atoms with van der Waals surface area (Å²) in [4.78, 5) is 0. The van der Waals surface area contributed by atoms with E-state index in [4.69, 9.17) is 0 Å². The van der Waals surface area contributed by atoms with Gasteiger partial charge in [0.1, 0.15) is 11.6 Å². The minimum atomic E-state index is -0.402. The van der Waals surface area contributed by atoms with Gasteiger partial charge < -0.3 is 10.4 Å². The number of hydrogen-bond acceptors (Lipinski definition) is 3. The van der Waals surface area contributed by atoms with Crippen LogP contribution in [0.5, 0.6) is 5.75 Å². The summed E-state index contributed by atoms with van der Waals surface area (Å²) in [6, 6.07) is 4.23. The highest BCUT2D eigenvalue weighted by atomic mass is 32.2. The third-order valence-electron chi connectivity index (χ3n) is 3.43. The molecular weight excluding hydrogens is 237 g/mol. The van der Waals surface area contributed by atoms with E-state index in [0.29, 0.717) is 4.75 Å². The molecule has 1 aromatic rings. The standard InChI is InChI=1S/C13H18FNOS/c1-9(15-8-13(17-2)5-6-13)11-4-3-10(14)7-12(11)16/h3-4,7,9,15-16H,5-6,8H2,1-2H3. The Morgan fingerprint density at radius 3 is 2.76 bits per heavy atom. The molecule has 0 spiro atoms. The van der Waals surface area contributed by atoms with Crippen LogP contribution in [-0.4, -0.2) is 22.7 Å². The molecule has 0 saturated heterocycles. The Bertz CT molecular complexity index is 406. The third-order valence-corrected chi connectivity index (χ3v) is 4.85. The molecule has 4 heteroatoms. The van der Waals surface area contributed by atoms with E-state index in [-0.39, 0.29) is 11.8 Å². The number of hydrogen-bond donors (Lipinski definition) is 2. The summed E-state index contributed by atoms with van der Waals surface area (Å²) >= 11 is 1.90. The molecule has 0 aliphatic heterocycles. The van der Waals surface area contributed by atoms with Crippen LogP contribution in [0.1, 0.15) is 31.4 Å². The molecule has 2 nitrogen and oxygen atoms in total. The molecule has 1 aromatic carbocycles. The summed E-state index contributed by atoms with van der Waals surface area (Å²) in [6.07, 6.45) is 4.64. The zero-order chi connectivity index (χ0) is 12.5. The van der Waals surface area contributed by atoms with E-state index in [1.807, 2.05) is 18.7 Å². The van der Waals surface area contributed by atoms with Crippen molar-refractivity contribution < 1.29 is 9.50 Å². The van der Waals surface area contributed by atoms with Gasteiger partial charge in [-0.2, -0.15) is 11.8 Å². The molecule has 0 heterocycles. The van der Waals surface area contributed by atoms with E-state index in [2.05, 4.69) is 11.6 Å². The highest BCUT2D eigenvalue weighted by molar-refractivity contribution is 8.00. The number of thioether (sulfide) groups is 1. The predicted molar refractivity (Wildman–Crippen MR) is 70.0 cm³/mol. The van der Waals surface area contributed by atoms with E-state index < -0.39 is 5.82 Å². The number of nitrogens with one attached hydrogen (secondary N) is 1. The average molecular weight is 255 g/mol. The molecule has 94 valence electrons. The van der Waals surface area contributed by atoms with Gasteiger partial charge in [-0.1, -0.05) is 6.07 Å². The van der Waals surface area contributed by atoms with Crippen molar-refractivity contribution in [3.63, 3.8) is 0 Å². The Morgan fingerprint density at radius 1 is 1.53 bits per heavy atom. The highest BCUT2D eigenvalue weighted by Crippen LogP contribution is 2.46. The summed E-state index contributed by atoms with van der Waals surface area (Å²) in [5.41, 5.74) is 0.753. The maximum atomic E-state index is 12.9. The van der Waals surface area contributed by atoms with Gasteiger partial charge in [0.05, 0.1) is 0 Å². The van der Waals surface area contributed by atoms with Crippen molar-refractivity contribution in [2.24, 2.45) is 0 Å². The van der Waals surface area contributed by atoms with E-state index in [1.54, 1.807) is 6.07 Å². The zero-order valence-electron chi connectivity index (χ0n) is 10.2. The Hall–Kier alpha value is -0.740. The lowest BCUT2D eigenvalue weighted by Crippen LogP contribution is -2.28. The van der Waals surface area contributed by atoms with Gasteiger partial charge in [-0.3, -0.25) is 0 Å². The average Bonchev–Trinajstić information content (AvgIpc) is 3.07. The lowest BCUT2D eigenvalue weighted by Gasteiger charge is -2.19. The van der Waals surface area contributed by atoms with E-state index in [0.717, 1.165) is 18.2 Å². The van der Waals surface area contributed by atoms with Crippen molar-refractivity contribution in [1.82, 2.24) is 5.32 Å². The summed E-state index contributed by atoms with van der Waals surface area (Å²) < 4.78 is 13.3. The second-order valence-electron chi connectivity index (χ2n) is 4.69. The first-order chi connectivity index (χ1) is 8.06. The van der Waals surface area contributed by atoms with Crippen LogP contribution in [0.25, 0.3) is 0 Å². The second-order valence-corrected chi connectivity index (χ2v) is 5.97. The van der Waals surface area contributed by atoms with Gasteiger partial charge in [-0.15, -0.1) is 0 Å². The van der Waals surface area contributed by atoms with Crippen LogP contribution in [0.3, 0.4) is 0 Å². The van der Waals surface area contributed by atoms with Crippen LogP contribution >= 0.6 is 11.8 Å². The van der Waals surface area contributed by atoms with Gasteiger partial charge in [0.2, 0.25) is 0 Å². The molecule has 1 atom stereocenters. The van der Waals surface area contributed by atoms with Crippen molar-refractivity contribution in [3.05, 3.63) is 29.6 Å². The van der Waals surface area contributed by atoms with Crippen LogP contribution in [0.15, 0.2) is 18.2 Å². The molecule has 17 heavy (non-hydrogen) atoms. The fraction of sp³-hybridized carbons (Fsp3) is 0.538. The van der Waals surface area contributed by atoms with E-state index >= 15 is 0 Å². The molecule has 0 bridgehead atoms. The molecule has 1 saturated carbocycles. The first kappa shape index (κ1) is 12.7. The van der Waals surface area contributed by atoms with Gasteiger partial charge in [-0.05, 0) is 32.1 Å². The van der Waals surface area contributed by atoms with Crippen LogP contribution in [0.2, 0.25) is 0 Å². The van der Waals surface area contributed by atoms with Crippen molar-refractivity contribution in [1.29, 1.82) is 0 Å². The van der Waals surface area contributed by atoms with Crippen LogP contribution in [0, 0.1) is 5.82 Å². The SMILES string of the molecule is CSC1(CNC(C)c2ccc(F)cc2O)CC1. The number of aromatic hydroxyl groups is 1. The Morgan fingerprint density at radius 2 is 2.24 bits per heavy atom. The largest absolute Gasteiger partial charge is 0.508 e. The monoisotopic (exact) mass is 255 g/mol. The van der Waals surface area contributed by atoms with Gasteiger partial charge >= 0.3 is 0 Å². The molecule has 1 aliphatic carbocycles. The minimum absolute atomic E-state index is 0.0269. The van der Waals surface area contributed by atoms with Crippen LogP contribution in [-0.2, 0) is 0 Å². The summed E-state index contributed by atoms with van der Waals surface area (Å²) in [5, 5.41) is 13.1. The number of benzene rings is 1. The molecule has 2 rings (SSSR count). The van der Waals surface area contributed by atoms with Crippen LogP contribution < -0.4 is 5.32 Å². The van der Waals surface area contributed by atoms with E-state index in [9.17, 15) is 9.50 Å². The Labute approximate surface area is 106 Å². The van der Waals surface area contributed by atoms with Crippen molar-refractivity contribution in [2.45, 2.75) is 30.6 Å². The van der Waals surface area contributed by atoms with Gasteiger partial charge in [0.25, 0.3) is 0 Å². The number of phenolic OH excluding ortho intramolecular Hbond substituents is 1. The number of halogens is 1. The normalized spacial score (nSPS) is 19.0. The molecule has 0 amide bonds. The summed E-state index contributed by atoms with van der Waals surface area (Å²) in [5.74, 6) is -0.375. The maximum Gasteiger partial charge on any atom is 0.126 e. The first-order valence-electron chi connectivity index (χ1n) is 5.83. The second kappa shape index (κ2) is 4.86. The fourth-order valence-electron chi connectivity index (χ4n) is 1.92. The summed E-state index contributed by atoms with van der Waals surface area (Å²) in [7, 11) is 0. The van der Waals surface area contributed by atoms with Crippen molar-refractivity contribution in [2.75, 3.05) is 12.8 Å². The molecule has 0 radical (unpaired) electrons. The molecule has 2 N–H and O–H groups in total. The zero-order valence-corrected chi connectivity index (χ0v) is 11.0. The predicted octanol–water partition coefficient (Wildman–Crippen LogP) is 3.08. The smallest absolute Gasteiger partial charge is 0.126 e. The Kier molecular flexibility index (Phi) is 3.64. The molecule has 1 fully saturated rings. The number of phenols is 1. The quantitative estimate of drug-likeness (QED) is 0.848. The Balaban J connectivity index is 1.97.